The van der Waals surface area contributed by atoms with Crippen molar-refractivity contribution in [2.75, 3.05) is 12.4 Å². The molecular weight excluding hydrogens is 176 g/mol. The van der Waals surface area contributed by atoms with E-state index in [9.17, 15) is 4.79 Å². The minimum absolute atomic E-state index is 0.289. The van der Waals surface area contributed by atoms with E-state index < -0.39 is 5.97 Å². The fraction of sp³-hybridized carbons (Fsp3) is 0.875. The predicted molar refractivity (Wildman–Crippen MR) is 48.5 cm³/mol. The van der Waals surface area contributed by atoms with Gasteiger partial charge in [-0.1, -0.05) is 0 Å². The molecule has 0 saturated carbocycles. The molecule has 0 aromatic heterocycles. The molecule has 1 rings (SSSR count). The van der Waals surface area contributed by atoms with Crippen LogP contribution < -0.4 is 0 Å². The van der Waals surface area contributed by atoms with E-state index in [1.807, 2.05) is 0 Å². The Hall–Kier alpha value is -0.220. The van der Waals surface area contributed by atoms with Crippen molar-refractivity contribution in [1.82, 2.24) is 0 Å². The summed E-state index contributed by atoms with van der Waals surface area (Å²) in [6.45, 7) is 2.55. The van der Waals surface area contributed by atoms with Gasteiger partial charge in [0.2, 0.25) is 0 Å². The second kappa shape index (κ2) is 4.72. The zero-order valence-electron chi connectivity index (χ0n) is 7.16. The van der Waals surface area contributed by atoms with Crippen molar-refractivity contribution in [2.45, 2.75) is 31.1 Å². The van der Waals surface area contributed by atoms with E-state index in [1.54, 1.807) is 6.92 Å². The van der Waals surface area contributed by atoms with E-state index >= 15 is 0 Å². The van der Waals surface area contributed by atoms with Crippen molar-refractivity contribution >= 4 is 17.7 Å². The summed E-state index contributed by atoms with van der Waals surface area (Å²) >= 11 is 1.46. The van der Waals surface area contributed by atoms with Gasteiger partial charge in [-0.25, -0.2) is 0 Å². The first-order valence-electron chi connectivity index (χ1n) is 4.16. The lowest BCUT2D eigenvalue weighted by atomic mass is 10.3. The molecule has 2 atom stereocenters. The molecule has 0 radical (unpaired) electrons. The first-order chi connectivity index (χ1) is 5.70. The molecular formula is C8H14O3S. The summed E-state index contributed by atoms with van der Waals surface area (Å²) in [6.07, 6.45) is 2.49. The minimum atomic E-state index is -0.738. The topological polar surface area (TPSA) is 46.5 Å². The van der Waals surface area contributed by atoms with Gasteiger partial charge in [-0.05, 0) is 19.8 Å². The normalized spacial score (nSPS) is 25.6. The Balaban J connectivity index is 2.11. The van der Waals surface area contributed by atoms with E-state index in [1.165, 1.54) is 11.8 Å². The number of hydrogen-bond donors (Lipinski definition) is 1. The number of carbonyl (C=O) groups is 1. The van der Waals surface area contributed by atoms with Gasteiger partial charge in [-0.2, -0.15) is 0 Å². The molecule has 1 heterocycles. The van der Waals surface area contributed by atoms with Crippen LogP contribution in [0.25, 0.3) is 0 Å². The first-order valence-corrected chi connectivity index (χ1v) is 5.21. The lowest BCUT2D eigenvalue weighted by Gasteiger charge is -2.10. The Morgan fingerprint density at radius 3 is 3.08 bits per heavy atom. The fourth-order valence-electron chi connectivity index (χ4n) is 1.10. The fourth-order valence-corrected chi connectivity index (χ4v) is 2.01. The van der Waals surface area contributed by atoms with E-state index in [-0.39, 0.29) is 11.4 Å². The van der Waals surface area contributed by atoms with Gasteiger partial charge in [-0.15, -0.1) is 11.8 Å². The monoisotopic (exact) mass is 190 g/mol. The molecule has 0 amide bonds. The molecule has 1 fully saturated rings. The van der Waals surface area contributed by atoms with Crippen molar-refractivity contribution in [3.05, 3.63) is 0 Å². The van der Waals surface area contributed by atoms with Crippen molar-refractivity contribution < 1.29 is 14.6 Å². The van der Waals surface area contributed by atoms with Gasteiger partial charge in [-0.3, -0.25) is 4.79 Å². The Bertz CT molecular complexity index is 154. The SMILES string of the molecule is C[C@H](SC[C@@H]1CCCO1)C(=O)O. The minimum Gasteiger partial charge on any atom is -0.480 e. The molecule has 12 heavy (non-hydrogen) atoms. The molecule has 3 nitrogen and oxygen atoms in total. The van der Waals surface area contributed by atoms with E-state index in [4.69, 9.17) is 9.84 Å². The van der Waals surface area contributed by atoms with Crippen LogP contribution in [0.15, 0.2) is 0 Å². The predicted octanol–water partition coefficient (Wildman–Crippen LogP) is 1.37. The molecule has 0 aromatic rings. The standard InChI is InChI=1S/C8H14O3S/c1-6(8(9)10)12-5-7-3-2-4-11-7/h6-7H,2-5H2,1H3,(H,9,10)/t6-,7-/m0/s1. The lowest BCUT2D eigenvalue weighted by Crippen LogP contribution is -2.16. The van der Waals surface area contributed by atoms with Gasteiger partial charge >= 0.3 is 5.97 Å². The molecule has 1 saturated heterocycles. The van der Waals surface area contributed by atoms with Crippen molar-refractivity contribution in [3.63, 3.8) is 0 Å². The second-order valence-electron chi connectivity index (χ2n) is 2.95. The third-order valence-electron chi connectivity index (χ3n) is 1.90. The van der Waals surface area contributed by atoms with Crippen LogP contribution in [0, 0.1) is 0 Å². The molecule has 0 unspecified atom stereocenters. The summed E-state index contributed by atoms with van der Waals surface area (Å²) in [5.41, 5.74) is 0. The van der Waals surface area contributed by atoms with Crippen LogP contribution in [-0.2, 0) is 9.53 Å². The Labute approximate surface area is 76.5 Å². The number of carboxylic acids is 1. The second-order valence-corrected chi connectivity index (χ2v) is 4.32. The Morgan fingerprint density at radius 1 is 1.83 bits per heavy atom. The zero-order valence-corrected chi connectivity index (χ0v) is 7.97. The van der Waals surface area contributed by atoms with E-state index in [0.717, 1.165) is 25.2 Å². The Kier molecular flexibility index (Phi) is 3.88. The maximum atomic E-state index is 10.4. The molecule has 1 N–H and O–H groups in total. The summed E-state index contributed by atoms with van der Waals surface area (Å²) in [5.74, 6) is 0.0750. The van der Waals surface area contributed by atoms with E-state index in [2.05, 4.69) is 0 Å². The first kappa shape index (κ1) is 9.86. The van der Waals surface area contributed by atoms with Crippen LogP contribution in [0.3, 0.4) is 0 Å². The van der Waals surface area contributed by atoms with Gasteiger partial charge in [0.1, 0.15) is 0 Å². The van der Waals surface area contributed by atoms with Crippen LogP contribution >= 0.6 is 11.8 Å². The summed E-state index contributed by atoms with van der Waals surface area (Å²) in [6, 6.07) is 0. The third-order valence-corrected chi connectivity index (χ3v) is 3.17. The number of rotatable bonds is 4. The van der Waals surface area contributed by atoms with Gasteiger partial charge in [0, 0.05) is 12.4 Å². The highest BCUT2D eigenvalue weighted by molar-refractivity contribution is 8.00. The summed E-state index contributed by atoms with van der Waals surface area (Å²) in [7, 11) is 0. The van der Waals surface area contributed by atoms with Crippen LogP contribution in [-0.4, -0.2) is 34.8 Å². The highest BCUT2D eigenvalue weighted by atomic mass is 32.2. The molecule has 1 aliphatic rings. The number of ether oxygens (including phenoxy) is 1. The van der Waals surface area contributed by atoms with Gasteiger partial charge in [0.15, 0.2) is 0 Å². The van der Waals surface area contributed by atoms with Gasteiger partial charge in [0.25, 0.3) is 0 Å². The van der Waals surface area contributed by atoms with Crippen LogP contribution in [0.5, 0.6) is 0 Å². The van der Waals surface area contributed by atoms with Crippen molar-refractivity contribution in [2.24, 2.45) is 0 Å². The summed E-state index contributed by atoms with van der Waals surface area (Å²) in [4.78, 5) is 10.4. The lowest BCUT2D eigenvalue weighted by molar-refractivity contribution is -0.136. The van der Waals surface area contributed by atoms with Crippen LogP contribution in [0.2, 0.25) is 0 Å². The highest BCUT2D eigenvalue weighted by Crippen LogP contribution is 2.20. The van der Waals surface area contributed by atoms with E-state index in [0.29, 0.717) is 0 Å². The number of hydrogen-bond acceptors (Lipinski definition) is 3. The third kappa shape index (κ3) is 3.03. The van der Waals surface area contributed by atoms with Crippen molar-refractivity contribution in [1.29, 1.82) is 0 Å². The maximum absolute atomic E-state index is 10.4. The molecule has 0 spiro atoms. The smallest absolute Gasteiger partial charge is 0.316 e. The molecule has 4 heteroatoms. The largest absolute Gasteiger partial charge is 0.480 e. The summed E-state index contributed by atoms with van der Waals surface area (Å²) < 4.78 is 5.37. The Morgan fingerprint density at radius 2 is 2.58 bits per heavy atom. The zero-order chi connectivity index (χ0) is 8.97. The average Bonchev–Trinajstić information content (AvgIpc) is 2.51. The molecule has 0 bridgehead atoms. The summed E-state index contributed by atoms with van der Waals surface area (Å²) in [5, 5.41) is 8.28. The average molecular weight is 190 g/mol. The number of carboxylic acid groups (broad SMARTS) is 1. The van der Waals surface area contributed by atoms with Crippen LogP contribution in [0.4, 0.5) is 0 Å². The quantitative estimate of drug-likeness (QED) is 0.727. The van der Waals surface area contributed by atoms with Gasteiger partial charge in [0.05, 0.1) is 11.4 Å². The number of thioether (sulfide) groups is 1. The maximum Gasteiger partial charge on any atom is 0.316 e. The van der Waals surface area contributed by atoms with Crippen molar-refractivity contribution in [3.8, 4) is 0 Å². The van der Waals surface area contributed by atoms with Gasteiger partial charge < -0.3 is 9.84 Å². The highest BCUT2D eigenvalue weighted by Gasteiger charge is 2.18. The van der Waals surface area contributed by atoms with Crippen LogP contribution in [0.1, 0.15) is 19.8 Å². The number of aliphatic carboxylic acids is 1. The molecule has 70 valence electrons. The molecule has 1 aliphatic heterocycles. The molecule has 0 aromatic carbocycles. The molecule has 0 aliphatic carbocycles.